The van der Waals surface area contributed by atoms with Gasteiger partial charge in [-0.1, -0.05) is 13.8 Å². The number of carbonyl (C=O) groups is 1. The molecule has 0 aliphatic rings. The van der Waals surface area contributed by atoms with Gasteiger partial charge in [-0.25, -0.2) is 0 Å². The summed E-state index contributed by atoms with van der Waals surface area (Å²) < 4.78 is 10.8. The van der Waals surface area contributed by atoms with Gasteiger partial charge >= 0.3 is 0 Å². The maximum absolute atomic E-state index is 12.0. The zero-order chi connectivity index (χ0) is 18.1. The van der Waals surface area contributed by atoms with E-state index in [1.54, 1.807) is 19.4 Å². The van der Waals surface area contributed by atoms with Gasteiger partial charge in [-0.05, 0) is 42.3 Å². The summed E-state index contributed by atoms with van der Waals surface area (Å²) in [6.07, 6.45) is 1.62. The van der Waals surface area contributed by atoms with Crippen molar-refractivity contribution in [3.63, 3.8) is 0 Å². The molecule has 6 heteroatoms. The Morgan fingerprint density at radius 2 is 1.88 bits per heavy atom. The van der Waals surface area contributed by atoms with Crippen LogP contribution < -0.4 is 20.1 Å². The van der Waals surface area contributed by atoms with Crippen molar-refractivity contribution in [1.82, 2.24) is 10.3 Å². The van der Waals surface area contributed by atoms with E-state index >= 15 is 0 Å². The molecular weight excluding hydrogens is 318 g/mol. The number of pyridine rings is 1. The number of carbonyl (C=O) groups excluding carboxylic acids is 1. The number of benzene rings is 1. The third-order valence-electron chi connectivity index (χ3n) is 3.42. The normalized spacial score (nSPS) is 10.4. The maximum Gasteiger partial charge on any atom is 0.269 e. The van der Waals surface area contributed by atoms with Crippen LogP contribution in [0.15, 0.2) is 42.6 Å². The average molecular weight is 343 g/mol. The number of rotatable bonds is 9. The van der Waals surface area contributed by atoms with Gasteiger partial charge in [0.05, 0.1) is 7.11 Å². The fourth-order valence-electron chi connectivity index (χ4n) is 2.09. The Morgan fingerprint density at radius 3 is 2.56 bits per heavy atom. The first kappa shape index (κ1) is 18.6. The van der Waals surface area contributed by atoms with Crippen molar-refractivity contribution >= 4 is 11.6 Å². The molecule has 1 heterocycles. The smallest absolute Gasteiger partial charge is 0.269 e. The number of methoxy groups -OCH3 is 1. The van der Waals surface area contributed by atoms with Crippen LogP contribution in [0, 0.1) is 5.92 Å². The van der Waals surface area contributed by atoms with Crippen LogP contribution in [0.2, 0.25) is 0 Å². The zero-order valence-corrected chi connectivity index (χ0v) is 14.9. The van der Waals surface area contributed by atoms with Crippen molar-refractivity contribution in [2.24, 2.45) is 5.92 Å². The molecule has 0 saturated carbocycles. The number of nitrogens with zero attached hydrogens (tertiary/aromatic N) is 1. The number of nitrogens with one attached hydrogen (secondary N) is 2. The summed E-state index contributed by atoms with van der Waals surface area (Å²) in [7, 11) is 1.63. The highest BCUT2D eigenvalue weighted by Crippen LogP contribution is 2.16. The Hall–Kier alpha value is -2.76. The molecule has 0 bridgehead atoms. The number of amides is 1. The summed E-state index contributed by atoms with van der Waals surface area (Å²) in [5.74, 6) is 1.82. The standard InChI is InChI=1S/C19H25N3O3/c1-14(2)13-22-19(23)18-12-15(8-9-21-18)20-10-11-25-17-6-4-16(24-3)5-7-17/h4-9,12,14H,10-11,13H2,1-3H3,(H,20,21)(H,22,23). The molecule has 0 aliphatic carbocycles. The van der Waals surface area contributed by atoms with Gasteiger partial charge in [-0.15, -0.1) is 0 Å². The molecule has 1 amide bonds. The molecule has 0 fully saturated rings. The zero-order valence-electron chi connectivity index (χ0n) is 14.9. The summed E-state index contributed by atoms with van der Waals surface area (Å²) in [5, 5.41) is 6.09. The summed E-state index contributed by atoms with van der Waals surface area (Å²) in [6.45, 7) is 5.85. The highest BCUT2D eigenvalue weighted by molar-refractivity contribution is 5.93. The highest BCUT2D eigenvalue weighted by atomic mass is 16.5. The molecule has 0 saturated heterocycles. The Kier molecular flexibility index (Phi) is 7.07. The lowest BCUT2D eigenvalue weighted by Gasteiger charge is -2.10. The predicted octanol–water partition coefficient (Wildman–Crippen LogP) is 2.97. The lowest BCUT2D eigenvalue weighted by atomic mass is 10.2. The Labute approximate surface area is 148 Å². The third-order valence-corrected chi connectivity index (χ3v) is 3.42. The van der Waals surface area contributed by atoms with E-state index in [2.05, 4.69) is 29.5 Å². The molecule has 0 aliphatic heterocycles. The molecule has 25 heavy (non-hydrogen) atoms. The van der Waals surface area contributed by atoms with Crippen LogP contribution in [-0.2, 0) is 0 Å². The third kappa shape index (κ3) is 6.33. The number of anilines is 1. The van der Waals surface area contributed by atoms with Gasteiger partial charge in [-0.2, -0.15) is 0 Å². The van der Waals surface area contributed by atoms with Crippen LogP contribution in [0.25, 0.3) is 0 Å². The molecule has 2 N–H and O–H groups in total. The molecule has 0 radical (unpaired) electrons. The van der Waals surface area contributed by atoms with Crippen LogP contribution in [-0.4, -0.2) is 37.7 Å². The minimum atomic E-state index is -0.160. The Balaban J connectivity index is 1.78. The number of hydrogen-bond acceptors (Lipinski definition) is 5. The molecule has 1 aromatic carbocycles. The minimum absolute atomic E-state index is 0.160. The number of ether oxygens (including phenoxy) is 2. The first-order valence-electron chi connectivity index (χ1n) is 8.33. The molecule has 6 nitrogen and oxygen atoms in total. The minimum Gasteiger partial charge on any atom is -0.497 e. The van der Waals surface area contributed by atoms with E-state index in [0.29, 0.717) is 31.3 Å². The van der Waals surface area contributed by atoms with Crippen molar-refractivity contribution in [2.45, 2.75) is 13.8 Å². The topological polar surface area (TPSA) is 72.5 Å². The van der Waals surface area contributed by atoms with Gasteiger partial charge in [0.25, 0.3) is 5.91 Å². The second kappa shape index (κ2) is 9.52. The van der Waals surface area contributed by atoms with Crippen LogP contribution in [0.1, 0.15) is 24.3 Å². The predicted molar refractivity (Wildman–Crippen MR) is 98.4 cm³/mol. The SMILES string of the molecule is COc1ccc(OCCNc2ccnc(C(=O)NCC(C)C)c2)cc1. The second-order valence-electron chi connectivity index (χ2n) is 5.98. The molecule has 0 unspecified atom stereocenters. The van der Waals surface area contributed by atoms with E-state index in [4.69, 9.17) is 9.47 Å². The first-order valence-corrected chi connectivity index (χ1v) is 8.33. The van der Waals surface area contributed by atoms with Gasteiger partial charge in [0.2, 0.25) is 0 Å². The molecule has 0 atom stereocenters. The van der Waals surface area contributed by atoms with Crippen LogP contribution in [0.4, 0.5) is 5.69 Å². The van der Waals surface area contributed by atoms with E-state index in [9.17, 15) is 4.79 Å². The second-order valence-corrected chi connectivity index (χ2v) is 5.98. The van der Waals surface area contributed by atoms with Crippen molar-refractivity contribution in [1.29, 1.82) is 0 Å². The largest absolute Gasteiger partial charge is 0.497 e. The quantitative estimate of drug-likeness (QED) is 0.685. The van der Waals surface area contributed by atoms with E-state index in [-0.39, 0.29) is 5.91 Å². The molecule has 1 aromatic heterocycles. The fraction of sp³-hybridized carbons (Fsp3) is 0.368. The van der Waals surface area contributed by atoms with E-state index in [1.165, 1.54) is 0 Å². The molecule has 2 aromatic rings. The maximum atomic E-state index is 12.0. The monoisotopic (exact) mass is 343 g/mol. The van der Waals surface area contributed by atoms with Crippen LogP contribution >= 0.6 is 0 Å². The lowest BCUT2D eigenvalue weighted by molar-refractivity contribution is 0.0944. The summed E-state index contributed by atoms with van der Waals surface area (Å²) in [5.41, 5.74) is 1.24. The van der Waals surface area contributed by atoms with Crippen molar-refractivity contribution in [3.8, 4) is 11.5 Å². The summed E-state index contributed by atoms with van der Waals surface area (Å²) in [4.78, 5) is 16.1. The van der Waals surface area contributed by atoms with E-state index in [1.807, 2.05) is 30.3 Å². The van der Waals surface area contributed by atoms with E-state index < -0.39 is 0 Å². The molecular formula is C19H25N3O3. The fourth-order valence-corrected chi connectivity index (χ4v) is 2.09. The first-order chi connectivity index (χ1) is 12.1. The molecule has 2 rings (SSSR count). The summed E-state index contributed by atoms with van der Waals surface area (Å²) in [6, 6.07) is 11.0. The number of hydrogen-bond donors (Lipinski definition) is 2. The highest BCUT2D eigenvalue weighted by Gasteiger charge is 2.08. The van der Waals surface area contributed by atoms with Gasteiger partial charge < -0.3 is 20.1 Å². The van der Waals surface area contributed by atoms with Crippen molar-refractivity contribution < 1.29 is 14.3 Å². The van der Waals surface area contributed by atoms with Crippen molar-refractivity contribution in [2.75, 3.05) is 32.1 Å². The van der Waals surface area contributed by atoms with Crippen molar-refractivity contribution in [3.05, 3.63) is 48.3 Å². The van der Waals surface area contributed by atoms with Crippen LogP contribution in [0.3, 0.4) is 0 Å². The summed E-state index contributed by atoms with van der Waals surface area (Å²) >= 11 is 0. The molecule has 134 valence electrons. The number of aromatic nitrogens is 1. The van der Waals surface area contributed by atoms with Gasteiger partial charge in [-0.3, -0.25) is 9.78 Å². The van der Waals surface area contributed by atoms with Crippen LogP contribution in [0.5, 0.6) is 11.5 Å². The Bertz CT molecular complexity index is 672. The van der Waals surface area contributed by atoms with E-state index in [0.717, 1.165) is 17.2 Å². The Morgan fingerprint density at radius 1 is 1.16 bits per heavy atom. The van der Waals surface area contributed by atoms with Gasteiger partial charge in [0, 0.05) is 25.0 Å². The van der Waals surface area contributed by atoms with Gasteiger partial charge in [0.1, 0.15) is 23.8 Å². The van der Waals surface area contributed by atoms with Gasteiger partial charge in [0.15, 0.2) is 0 Å². The lowest BCUT2D eigenvalue weighted by Crippen LogP contribution is -2.28. The average Bonchev–Trinajstić information content (AvgIpc) is 2.64. The molecule has 0 spiro atoms.